The Balaban J connectivity index is 2.70. The number of amides is 1. The van der Waals surface area contributed by atoms with E-state index < -0.39 is 17.2 Å². The number of hydrogen-bond acceptors (Lipinski definition) is 5. The van der Waals surface area contributed by atoms with E-state index >= 15 is 0 Å². The van der Waals surface area contributed by atoms with Gasteiger partial charge < -0.3 is 10.1 Å². The van der Waals surface area contributed by atoms with E-state index in [0.29, 0.717) is 5.69 Å². The number of ketones is 1. The molecule has 0 saturated carbocycles. The van der Waals surface area contributed by atoms with Crippen molar-refractivity contribution in [2.24, 2.45) is 0 Å². The minimum absolute atomic E-state index is 0.241. The summed E-state index contributed by atoms with van der Waals surface area (Å²) in [5.74, 6) is -0.241. The first-order valence-corrected chi connectivity index (χ1v) is 6.50. The van der Waals surface area contributed by atoms with Crippen molar-refractivity contribution in [2.75, 3.05) is 0 Å². The van der Waals surface area contributed by atoms with Gasteiger partial charge in [-0.05, 0) is 34.6 Å². The second kappa shape index (κ2) is 5.06. The van der Waals surface area contributed by atoms with E-state index in [2.05, 4.69) is 10.3 Å². The highest BCUT2D eigenvalue weighted by molar-refractivity contribution is 7.07. The van der Waals surface area contributed by atoms with Crippen molar-refractivity contribution in [3.63, 3.8) is 0 Å². The molecule has 5 nitrogen and oxygen atoms in total. The molecule has 0 radical (unpaired) electrons. The van der Waals surface area contributed by atoms with Crippen LogP contribution < -0.4 is 5.32 Å². The Morgan fingerprint density at radius 1 is 1.28 bits per heavy atom. The van der Waals surface area contributed by atoms with Gasteiger partial charge in [-0.15, -0.1) is 11.3 Å². The number of thiazole rings is 1. The fraction of sp³-hybridized carbons (Fsp3) is 0.583. The Morgan fingerprint density at radius 3 is 2.33 bits per heavy atom. The first-order valence-electron chi connectivity index (χ1n) is 5.56. The minimum Gasteiger partial charge on any atom is -0.444 e. The zero-order chi connectivity index (χ0) is 14.0. The van der Waals surface area contributed by atoms with Crippen molar-refractivity contribution in [1.82, 2.24) is 10.3 Å². The van der Waals surface area contributed by atoms with Crippen LogP contribution in [0.4, 0.5) is 4.79 Å². The normalized spacial score (nSPS) is 12.1. The summed E-state index contributed by atoms with van der Waals surface area (Å²) in [6.45, 7) is 8.54. The Hall–Kier alpha value is -1.43. The van der Waals surface area contributed by atoms with Gasteiger partial charge in [0.05, 0.1) is 5.51 Å². The SMILES string of the molecule is CC(C)(C)OC(=O)NC(C)(C)C(=O)c1cscn1. The third kappa shape index (κ3) is 4.10. The van der Waals surface area contributed by atoms with Crippen molar-refractivity contribution in [3.8, 4) is 0 Å². The standard InChI is InChI=1S/C12H18N2O3S/c1-11(2,3)17-10(16)14-12(4,5)9(15)8-6-18-7-13-8/h6-7H,1-5H3,(H,14,16). The summed E-state index contributed by atoms with van der Waals surface area (Å²) in [7, 11) is 0. The maximum absolute atomic E-state index is 12.1. The molecule has 0 aliphatic heterocycles. The molecule has 6 heteroatoms. The third-order valence-electron chi connectivity index (χ3n) is 2.05. The summed E-state index contributed by atoms with van der Waals surface area (Å²) in [5, 5.41) is 4.21. The summed E-state index contributed by atoms with van der Waals surface area (Å²) >= 11 is 1.34. The topological polar surface area (TPSA) is 68.3 Å². The summed E-state index contributed by atoms with van der Waals surface area (Å²) in [4.78, 5) is 27.7. The maximum Gasteiger partial charge on any atom is 0.408 e. The van der Waals surface area contributed by atoms with Crippen molar-refractivity contribution in [1.29, 1.82) is 0 Å². The lowest BCUT2D eigenvalue weighted by Gasteiger charge is -2.26. The molecule has 100 valence electrons. The molecule has 0 aromatic carbocycles. The molecule has 1 N–H and O–H groups in total. The number of alkyl carbamates (subject to hydrolysis) is 1. The number of ether oxygens (including phenoxy) is 1. The van der Waals surface area contributed by atoms with Crippen LogP contribution in [-0.4, -0.2) is 28.0 Å². The second-order valence-electron chi connectivity index (χ2n) is 5.45. The number of carbonyl (C=O) groups is 2. The lowest BCUT2D eigenvalue weighted by molar-refractivity contribution is 0.0453. The van der Waals surface area contributed by atoms with Gasteiger partial charge in [-0.2, -0.15) is 0 Å². The molecule has 0 fully saturated rings. The Bertz CT molecular complexity index is 433. The highest BCUT2D eigenvalue weighted by Crippen LogP contribution is 2.15. The molecule has 0 unspecified atom stereocenters. The molecule has 1 rings (SSSR count). The number of Topliss-reactive ketones (excluding diaryl/α,β-unsaturated/α-hetero) is 1. The lowest BCUT2D eigenvalue weighted by Crippen LogP contribution is -2.51. The van der Waals surface area contributed by atoms with Crippen LogP contribution in [0.15, 0.2) is 10.9 Å². The number of rotatable bonds is 3. The van der Waals surface area contributed by atoms with Gasteiger partial charge in [0.1, 0.15) is 16.8 Å². The average Bonchev–Trinajstić information content (AvgIpc) is 2.64. The van der Waals surface area contributed by atoms with Gasteiger partial charge in [-0.3, -0.25) is 4.79 Å². The molecule has 1 aromatic rings. The molecule has 0 aliphatic carbocycles. The van der Waals surface area contributed by atoms with Crippen molar-refractivity contribution in [2.45, 2.75) is 45.8 Å². The first-order chi connectivity index (χ1) is 8.12. The van der Waals surface area contributed by atoms with Crippen LogP contribution in [0, 0.1) is 0 Å². The molecule has 0 saturated heterocycles. The van der Waals surface area contributed by atoms with Gasteiger partial charge in [0.15, 0.2) is 0 Å². The highest BCUT2D eigenvalue weighted by Gasteiger charge is 2.33. The Kier molecular flexibility index (Phi) is 4.11. The molecular weight excluding hydrogens is 252 g/mol. The van der Waals surface area contributed by atoms with Gasteiger partial charge in [-0.1, -0.05) is 0 Å². The summed E-state index contributed by atoms with van der Waals surface area (Å²) < 4.78 is 5.12. The number of nitrogens with zero attached hydrogens (tertiary/aromatic N) is 1. The quantitative estimate of drug-likeness (QED) is 0.857. The summed E-state index contributed by atoms with van der Waals surface area (Å²) in [6.07, 6.45) is -0.615. The van der Waals surface area contributed by atoms with Crippen molar-refractivity contribution in [3.05, 3.63) is 16.6 Å². The summed E-state index contributed by atoms with van der Waals surface area (Å²) in [5.41, 5.74) is 0.290. The van der Waals surface area contributed by atoms with Crippen LogP contribution in [0.1, 0.15) is 45.1 Å². The summed E-state index contributed by atoms with van der Waals surface area (Å²) in [6, 6.07) is 0. The van der Waals surface area contributed by atoms with Gasteiger partial charge in [0.25, 0.3) is 0 Å². The van der Waals surface area contributed by atoms with E-state index in [1.165, 1.54) is 11.3 Å². The van der Waals surface area contributed by atoms with Crippen LogP contribution in [0.3, 0.4) is 0 Å². The first kappa shape index (κ1) is 14.6. The van der Waals surface area contributed by atoms with Gasteiger partial charge >= 0.3 is 6.09 Å². The third-order valence-corrected chi connectivity index (χ3v) is 2.63. The van der Waals surface area contributed by atoms with Crippen LogP contribution in [0.5, 0.6) is 0 Å². The predicted molar refractivity (Wildman–Crippen MR) is 69.9 cm³/mol. The number of hydrogen-bond donors (Lipinski definition) is 1. The Labute approximate surface area is 111 Å². The van der Waals surface area contributed by atoms with Crippen molar-refractivity contribution >= 4 is 23.2 Å². The zero-order valence-corrected chi connectivity index (χ0v) is 12.1. The second-order valence-corrected chi connectivity index (χ2v) is 6.17. The molecule has 0 aliphatic rings. The van der Waals surface area contributed by atoms with Crippen LogP contribution in [0.25, 0.3) is 0 Å². The largest absolute Gasteiger partial charge is 0.444 e. The van der Waals surface area contributed by atoms with Crippen molar-refractivity contribution < 1.29 is 14.3 Å². The molecule has 18 heavy (non-hydrogen) atoms. The van der Waals surface area contributed by atoms with E-state index in [0.717, 1.165) is 0 Å². The lowest BCUT2D eigenvalue weighted by atomic mass is 9.97. The van der Waals surface area contributed by atoms with Crippen LogP contribution in [-0.2, 0) is 4.74 Å². The van der Waals surface area contributed by atoms with E-state index in [-0.39, 0.29) is 5.78 Å². The van der Waals surface area contributed by atoms with Crippen LogP contribution >= 0.6 is 11.3 Å². The molecule has 1 aromatic heterocycles. The minimum atomic E-state index is -1.05. The van der Waals surface area contributed by atoms with Gasteiger partial charge in [-0.25, -0.2) is 9.78 Å². The predicted octanol–water partition coefficient (Wildman–Crippen LogP) is 2.63. The zero-order valence-electron chi connectivity index (χ0n) is 11.2. The fourth-order valence-electron chi connectivity index (χ4n) is 1.26. The Morgan fingerprint density at radius 2 is 1.89 bits per heavy atom. The molecule has 1 amide bonds. The maximum atomic E-state index is 12.1. The molecule has 0 spiro atoms. The number of nitrogens with one attached hydrogen (secondary N) is 1. The van der Waals surface area contributed by atoms with Gasteiger partial charge in [0.2, 0.25) is 5.78 Å². The smallest absolute Gasteiger partial charge is 0.408 e. The fourth-order valence-corrected chi connectivity index (χ4v) is 1.79. The van der Waals surface area contributed by atoms with Crippen LogP contribution in [0.2, 0.25) is 0 Å². The molecule has 1 heterocycles. The average molecular weight is 270 g/mol. The number of carbonyl (C=O) groups excluding carboxylic acids is 2. The highest BCUT2D eigenvalue weighted by atomic mass is 32.1. The monoisotopic (exact) mass is 270 g/mol. The molecule has 0 bridgehead atoms. The van der Waals surface area contributed by atoms with Gasteiger partial charge in [0, 0.05) is 5.38 Å². The van der Waals surface area contributed by atoms with E-state index in [1.54, 1.807) is 45.5 Å². The van der Waals surface area contributed by atoms with E-state index in [9.17, 15) is 9.59 Å². The van der Waals surface area contributed by atoms with E-state index in [1.807, 2.05) is 0 Å². The van der Waals surface area contributed by atoms with E-state index in [4.69, 9.17) is 4.74 Å². The number of aromatic nitrogens is 1. The molecule has 0 atom stereocenters. The molecular formula is C12H18N2O3S.